The quantitative estimate of drug-likeness (QED) is 0.766. The fourth-order valence-electron chi connectivity index (χ4n) is 3.02. The highest BCUT2D eigenvalue weighted by molar-refractivity contribution is 5.95. The Hall–Kier alpha value is -2.77. The van der Waals surface area contributed by atoms with Gasteiger partial charge in [-0.1, -0.05) is 18.9 Å². The van der Waals surface area contributed by atoms with Crippen molar-refractivity contribution >= 4 is 17.9 Å². The van der Waals surface area contributed by atoms with Gasteiger partial charge in [0.2, 0.25) is 0 Å². The summed E-state index contributed by atoms with van der Waals surface area (Å²) < 4.78 is 15.8. The van der Waals surface area contributed by atoms with E-state index in [2.05, 4.69) is 10.6 Å². The number of carbonyl (C=O) groups is 3. The maximum Gasteiger partial charge on any atom is 0.321 e. The third-order valence-electron chi connectivity index (χ3n) is 4.26. The Morgan fingerprint density at radius 1 is 1.08 bits per heavy atom. The Kier molecular flexibility index (Phi) is 5.93. The highest BCUT2D eigenvalue weighted by Crippen LogP contribution is 2.30. The largest absolute Gasteiger partial charge is 0.486 e. The van der Waals surface area contributed by atoms with Crippen LogP contribution < -0.4 is 20.1 Å². The molecule has 0 aromatic heterocycles. The molecule has 1 aliphatic heterocycles. The molecule has 8 nitrogen and oxygen atoms in total. The first kappa shape index (κ1) is 18.0. The number of carbonyl (C=O) groups excluding carboxylic acids is 3. The number of benzene rings is 1. The van der Waals surface area contributed by atoms with E-state index in [9.17, 15) is 14.4 Å². The van der Waals surface area contributed by atoms with Gasteiger partial charge in [0.05, 0.1) is 6.42 Å². The van der Waals surface area contributed by atoms with Crippen LogP contribution in [0.25, 0.3) is 0 Å². The molecule has 2 aliphatic rings. The van der Waals surface area contributed by atoms with Gasteiger partial charge in [0.1, 0.15) is 13.2 Å². The minimum atomic E-state index is -0.656. The van der Waals surface area contributed by atoms with Gasteiger partial charge in [-0.05, 0) is 30.5 Å². The fraction of sp³-hybridized carbons (Fsp3) is 0.500. The van der Waals surface area contributed by atoms with Gasteiger partial charge in [0.15, 0.2) is 18.1 Å². The predicted octanol–water partition coefficient (Wildman–Crippen LogP) is 1.31. The maximum atomic E-state index is 11.9. The maximum absolute atomic E-state index is 11.9. The Bertz CT molecular complexity index is 684. The van der Waals surface area contributed by atoms with Crippen LogP contribution in [0.3, 0.4) is 0 Å². The Balaban J connectivity index is 1.39. The van der Waals surface area contributed by atoms with Gasteiger partial charge in [0, 0.05) is 6.04 Å². The normalized spacial score (nSPS) is 16.0. The van der Waals surface area contributed by atoms with Gasteiger partial charge >= 0.3 is 12.0 Å². The molecular formula is C18H22N2O6. The standard InChI is InChI=1S/C18H22N2O6/c21-16(20-18(23)19-13-3-1-2-4-13)11-26-17(22)10-12-5-6-14-15(9-12)25-8-7-24-14/h5-6,9,13H,1-4,7-8,10-11H2,(H2,19,20,21,23). The van der Waals surface area contributed by atoms with E-state index >= 15 is 0 Å². The summed E-state index contributed by atoms with van der Waals surface area (Å²) in [6.07, 6.45) is 4.00. The molecule has 1 aromatic carbocycles. The van der Waals surface area contributed by atoms with Crippen molar-refractivity contribution in [2.24, 2.45) is 0 Å². The lowest BCUT2D eigenvalue weighted by molar-refractivity contribution is -0.147. The molecule has 0 saturated heterocycles. The topological polar surface area (TPSA) is 103 Å². The molecule has 1 heterocycles. The van der Waals surface area contributed by atoms with Gasteiger partial charge < -0.3 is 19.5 Å². The highest BCUT2D eigenvalue weighted by Gasteiger charge is 2.19. The summed E-state index contributed by atoms with van der Waals surface area (Å²) in [5.74, 6) is 0.00736. The van der Waals surface area contributed by atoms with Crippen molar-refractivity contribution in [3.05, 3.63) is 23.8 Å². The molecular weight excluding hydrogens is 340 g/mol. The van der Waals surface area contributed by atoms with Crippen molar-refractivity contribution in [1.29, 1.82) is 0 Å². The van der Waals surface area contributed by atoms with Crippen LogP contribution in [0.4, 0.5) is 4.79 Å². The van der Waals surface area contributed by atoms with Crippen LogP contribution in [0, 0.1) is 0 Å². The Morgan fingerprint density at radius 3 is 2.58 bits per heavy atom. The summed E-state index contributed by atoms with van der Waals surface area (Å²) in [5, 5.41) is 4.89. The van der Waals surface area contributed by atoms with Gasteiger partial charge in [-0.25, -0.2) is 4.79 Å². The molecule has 0 atom stereocenters. The van der Waals surface area contributed by atoms with Crippen LogP contribution in [-0.4, -0.2) is 43.8 Å². The Labute approximate surface area is 151 Å². The van der Waals surface area contributed by atoms with E-state index in [-0.39, 0.29) is 12.5 Å². The van der Waals surface area contributed by atoms with Crippen LogP contribution in [0.1, 0.15) is 31.2 Å². The molecule has 1 aromatic rings. The first-order chi connectivity index (χ1) is 12.6. The summed E-state index contributed by atoms with van der Waals surface area (Å²) >= 11 is 0. The van der Waals surface area contributed by atoms with Gasteiger partial charge in [0.25, 0.3) is 5.91 Å². The minimum absolute atomic E-state index is 0.00180. The number of imide groups is 1. The number of hydrogen-bond acceptors (Lipinski definition) is 6. The second kappa shape index (κ2) is 8.55. The zero-order valence-electron chi connectivity index (χ0n) is 14.4. The third kappa shape index (κ3) is 5.11. The highest BCUT2D eigenvalue weighted by atomic mass is 16.6. The van der Waals surface area contributed by atoms with E-state index in [0.717, 1.165) is 25.7 Å². The number of ether oxygens (including phenoxy) is 3. The lowest BCUT2D eigenvalue weighted by atomic mass is 10.1. The number of esters is 1. The number of amides is 3. The van der Waals surface area contributed by atoms with Crippen molar-refractivity contribution in [2.75, 3.05) is 19.8 Å². The molecule has 1 aliphatic carbocycles. The summed E-state index contributed by atoms with van der Waals surface area (Å²) in [7, 11) is 0. The second-order valence-corrected chi connectivity index (χ2v) is 6.32. The van der Waals surface area contributed by atoms with Crippen LogP contribution in [0.15, 0.2) is 18.2 Å². The van der Waals surface area contributed by atoms with Gasteiger partial charge in [-0.15, -0.1) is 0 Å². The number of hydrogen-bond donors (Lipinski definition) is 2. The number of nitrogens with one attached hydrogen (secondary N) is 2. The zero-order valence-corrected chi connectivity index (χ0v) is 14.4. The molecule has 26 heavy (non-hydrogen) atoms. The third-order valence-corrected chi connectivity index (χ3v) is 4.26. The molecule has 1 saturated carbocycles. The van der Waals surface area contributed by atoms with E-state index in [0.29, 0.717) is 30.3 Å². The first-order valence-electron chi connectivity index (χ1n) is 8.74. The monoisotopic (exact) mass is 362 g/mol. The molecule has 3 rings (SSSR count). The zero-order chi connectivity index (χ0) is 18.4. The minimum Gasteiger partial charge on any atom is -0.486 e. The van der Waals surface area contributed by atoms with Crippen molar-refractivity contribution in [3.63, 3.8) is 0 Å². The smallest absolute Gasteiger partial charge is 0.321 e. The van der Waals surface area contributed by atoms with Crippen LogP contribution in [0.2, 0.25) is 0 Å². The lowest BCUT2D eigenvalue weighted by Gasteiger charge is -2.18. The number of urea groups is 1. The predicted molar refractivity (Wildman–Crippen MR) is 91.0 cm³/mol. The first-order valence-corrected chi connectivity index (χ1v) is 8.74. The summed E-state index contributed by atoms with van der Waals surface area (Å²) in [5.41, 5.74) is 0.693. The molecule has 1 fully saturated rings. The SMILES string of the molecule is O=C(COC(=O)Cc1ccc2c(c1)OCCO2)NC(=O)NC1CCCC1. The summed E-state index contributed by atoms with van der Waals surface area (Å²) in [6.45, 7) is 0.462. The van der Waals surface area contributed by atoms with E-state index in [1.807, 2.05) is 0 Å². The average Bonchev–Trinajstić information content (AvgIpc) is 3.12. The molecule has 140 valence electrons. The van der Waals surface area contributed by atoms with E-state index < -0.39 is 24.5 Å². The summed E-state index contributed by atoms with van der Waals surface area (Å²) in [6, 6.07) is 4.75. The molecule has 0 bridgehead atoms. The van der Waals surface area contributed by atoms with Crippen molar-refractivity contribution in [1.82, 2.24) is 10.6 Å². The molecule has 3 amide bonds. The molecule has 0 radical (unpaired) electrons. The Morgan fingerprint density at radius 2 is 1.81 bits per heavy atom. The van der Waals surface area contributed by atoms with E-state index in [1.165, 1.54) is 0 Å². The van der Waals surface area contributed by atoms with Crippen molar-refractivity contribution in [3.8, 4) is 11.5 Å². The van der Waals surface area contributed by atoms with E-state index in [1.54, 1.807) is 18.2 Å². The lowest BCUT2D eigenvalue weighted by Crippen LogP contribution is -2.45. The van der Waals surface area contributed by atoms with Crippen LogP contribution in [0.5, 0.6) is 11.5 Å². The molecule has 2 N–H and O–H groups in total. The molecule has 8 heteroatoms. The second-order valence-electron chi connectivity index (χ2n) is 6.32. The average molecular weight is 362 g/mol. The van der Waals surface area contributed by atoms with Crippen molar-refractivity contribution < 1.29 is 28.6 Å². The molecule has 0 spiro atoms. The van der Waals surface area contributed by atoms with Crippen LogP contribution in [-0.2, 0) is 20.7 Å². The summed E-state index contributed by atoms with van der Waals surface area (Å²) in [4.78, 5) is 35.2. The number of fused-ring (bicyclic) bond motifs is 1. The molecule has 0 unspecified atom stereocenters. The van der Waals surface area contributed by atoms with Crippen LogP contribution >= 0.6 is 0 Å². The van der Waals surface area contributed by atoms with Gasteiger partial charge in [-0.2, -0.15) is 0 Å². The fourth-order valence-corrected chi connectivity index (χ4v) is 3.02. The van der Waals surface area contributed by atoms with E-state index in [4.69, 9.17) is 14.2 Å². The number of rotatable bonds is 5. The van der Waals surface area contributed by atoms with Gasteiger partial charge in [-0.3, -0.25) is 14.9 Å². The van der Waals surface area contributed by atoms with Crippen molar-refractivity contribution in [2.45, 2.75) is 38.1 Å².